The van der Waals surface area contributed by atoms with Crippen molar-refractivity contribution in [2.24, 2.45) is 0 Å². The molecular formula is C14H14Cl2N2O2S. The van der Waals surface area contributed by atoms with Gasteiger partial charge in [-0.2, -0.15) is 0 Å². The van der Waals surface area contributed by atoms with E-state index in [0.717, 1.165) is 29.4 Å². The molecule has 0 saturated carbocycles. The number of benzene rings is 1. The molecule has 0 bridgehead atoms. The van der Waals surface area contributed by atoms with Crippen LogP contribution in [0.5, 0.6) is 0 Å². The third-order valence-electron chi connectivity index (χ3n) is 2.97. The molecule has 4 nitrogen and oxygen atoms in total. The van der Waals surface area contributed by atoms with Gasteiger partial charge >= 0.3 is 5.97 Å². The third kappa shape index (κ3) is 3.36. The summed E-state index contributed by atoms with van der Waals surface area (Å²) < 4.78 is 1.84. The summed E-state index contributed by atoms with van der Waals surface area (Å²) in [6.45, 7) is 3.89. The minimum atomic E-state index is -0.894. The SMILES string of the molecule is CCc1cnc(SCC(=O)O)n1-c1c(Cl)ccc(C)c1Cl. The highest BCUT2D eigenvalue weighted by molar-refractivity contribution is 7.99. The van der Waals surface area contributed by atoms with E-state index >= 15 is 0 Å². The Labute approximate surface area is 137 Å². The molecular weight excluding hydrogens is 331 g/mol. The molecule has 0 spiro atoms. The number of hydrogen-bond acceptors (Lipinski definition) is 3. The van der Waals surface area contributed by atoms with Crippen molar-refractivity contribution >= 4 is 40.9 Å². The first kappa shape index (κ1) is 16.2. The summed E-state index contributed by atoms with van der Waals surface area (Å²) in [4.78, 5) is 15.1. The average molecular weight is 345 g/mol. The van der Waals surface area contributed by atoms with E-state index in [2.05, 4.69) is 4.98 Å². The van der Waals surface area contributed by atoms with Crippen molar-refractivity contribution < 1.29 is 9.90 Å². The number of hydrogen-bond donors (Lipinski definition) is 1. The topological polar surface area (TPSA) is 55.1 Å². The van der Waals surface area contributed by atoms with Gasteiger partial charge in [0.2, 0.25) is 0 Å². The molecule has 1 aromatic heterocycles. The van der Waals surface area contributed by atoms with E-state index in [1.165, 1.54) is 0 Å². The lowest BCUT2D eigenvalue weighted by Crippen LogP contribution is -2.06. The van der Waals surface area contributed by atoms with E-state index in [1.807, 2.05) is 24.5 Å². The Morgan fingerprint density at radius 1 is 1.43 bits per heavy atom. The number of imidazole rings is 1. The van der Waals surface area contributed by atoms with Crippen LogP contribution in [0.2, 0.25) is 10.0 Å². The molecule has 0 aliphatic carbocycles. The lowest BCUT2D eigenvalue weighted by Gasteiger charge is -2.15. The van der Waals surface area contributed by atoms with Gasteiger partial charge in [-0.1, -0.05) is 48.0 Å². The molecule has 1 aromatic carbocycles. The quantitative estimate of drug-likeness (QED) is 0.824. The lowest BCUT2D eigenvalue weighted by molar-refractivity contribution is -0.133. The van der Waals surface area contributed by atoms with Gasteiger partial charge in [0, 0.05) is 11.9 Å². The molecule has 1 N–H and O–H groups in total. The average Bonchev–Trinajstić information content (AvgIpc) is 2.84. The highest BCUT2D eigenvalue weighted by Gasteiger charge is 2.18. The van der Waals surface area contributed by atoms with E-state index < -0.39 is 5.97 Å². The number of thioether (sulfide) groups is 1. The molecule has 0 saturated heterocycles. The maximum atomic E-state index is 10.8. The zero-order valence-corrected chi connectivity index (χ0v) is 13.9. The number of nitrogens with zero attached hydrogens (tertiary/aromatic N) is 2. The maximum absolute atomic E-state index is 10.8. The third-order valence-corrected chi connectivity index (χ3v) is 4.69. The van der Waals surface area contributed by atoms with Gasteiger partial charge in [0.05, 0.1) is 21.5 Å². The summed E-state index contributed by atoms with van der Waals surface area (Å²) in [7, 11) is 0. The van der Waals surface area contributed by atoms with E-state index in [-0.39, 0.29) is 5.75 Å². The zero-order chi connectivity index (χ0) is 15.6. The molecule has 0 amide bonds. The van der Waals surface area contributed by atoms with Crippen molar-refractivity contribution in [3.8, 4) is 5.69 Å². The maximum Gasteiger partial charge on any atom is 0.313 e. The van der Waals surface area contributed by atoms with Crippen LogP contribution in [-0.4, -0.2) is 26.4 Å². The molecule has 2 aromatic rings. The fourth-order valence-electron chi connectivity index (χ4n) is 1.93. The van der Waals surface area contributed by atoms with Crippen LogP contribution in [-0.2, 0) is 11.2 Å². The van der Waals surface area contributed by atoms with Crippen LogP contribution in [0.3, 0.4) is 0 Å². The van der Waals surface area contributed by atoms with Gasteiger partial charge in [-0.05, 0) is 25.0 Å². The number of aryl methyl sites for hydroxylation is 2. The van der Waals surface area contributed by atoms with E-state index in [0.29, 0.717) is 20.9 Å². The Morgan fingerprint density at radius 3 is 2.76 bits per heavy atom. The van der Waals surface area contributed by atoms with Crippen molar-refractivity contribution in [2.45, 2.75) is 25.4 Å². The largest absolute Gasteiger partial charge is 0.481 e. The molecule has 0 aliphatic heterocycles. The minimum absolute atomic E-state index is 0.0682. The number of halogens is 2. The van der Waals surface area contributed by atoms with Crippen LogP contribution in [0.15, 0.2) is 23.5 Å². The van der Waals surface area contributed by atoms with Gasteiger partial charge < -0.3 is 5.11 Å². The smallest absolute Gasteiger partial charge is 0.313 e. The van der Waals surface area contributed by atoms with Gasteiger partial charge in [0.25, 0.3) is 0 Å². The van der Waals surface area contributed by atoms with Crippen molar-refractivity contribution in [1.82, 2.24) is 9.55 Å². The molecule has 1 heterocycles. The summed E-state index contributed by atoms with van der Waals surface area (Å²) in [5, 5.41) is 10.5. The number of carboxylic acid groups (broad SMARTS) is 1. The first-order valence-electron chi connectivity index (χ1n) is 6.31. The number of carbonyl (C=O) groups is 1. The van der Waals surface area contributed by atoms with Gasteiger partial charge in [0.1, 0.15) is 0 Å². The molecule has 0 aliphatic rings. The fourth-order valence-corrected chi connectivity index (χ4v) is 3.19. The van der Waals surface area contributed by atoms with E-state index in [9.17, 15) is 4.79 Å². The summed E-state index contributed by atoms with van der Waals surface area (Å²) >= 11 is 13.8. The molecule has 2 rings (SSSR count). The lowest BCUT2D eigenvalue weighted by atomic mass is 10.2. The fraction of sp³-hybridized carbons (Fsp3) is 0.286. The number of carboxylic acids is 1. The zero-order valence-electron chi connectivity index (χ0n) is 11.6. The normalized spacial score (nSPS) is 10.9. The summed E-state index contributed by atoms with van der Waals surface area (Å²) in [6, 6.07) is 3.63. The van der Waals surface area contributed by atoms with E-state index in [4.69, 9.17) is 28.3 Å². The van der Waals surface area contributed by atoms with Gasteiger partial charge in [-0.3, -0.25) is 9.36 Å². The van der Waals surface area contributed by atoms with Crippen LogP contribution in [0.25, 0.3) is 5.69 Å². The van der Waals surface area contributed by atoms with Crippen molar-refractivity contribution in [2.75, 3.05) is 5.75 Å². The van der Waals surface area contributed by atoms with Crippen molar-refractivity contribution in [3.63, 3.8) is 0 Å². The summed E-state index contributed by atoms with van der Waals surface area (Å²) in [5.41, 5.74) is 2.49. The second kappa shape index (κ2) is 6.73. The van der Waals surface area contributed by atoms with Crippen LogP contribution < -0.4 is 0 Å². The predicted octanol–water partition coefficient (Wildman–Crippen LogP) is 4.23. The monoisotopic (exact) mass is 344 g/mol. The number of rotatable bonds is 5. The van der Waals surface area contributed by atoms with Crippen molar-refractivity contribution in [1.29, 1.82) is 0 Å². The minimum Gasteiger partial charge on any atom is -0.481 e. The highest BCUT2D eigenvalue weighted by atomic mass is 35.5. The molecule has 7 heteroatoms. The Kier molecular flexibility index (Phi) is 5.19. The Bertz CT molecular complexity index is 686. The first-order valence-corrected chi connectivity index (χ1v) is 8.06. The van der Waals surface area contributed by atoms with Crippen LogP contribution in [0.1, 0.15) is 18.2 Å². The molecule has 21 heavy (non-hydrogen) atoms. The van der Waals surface area contributed by atoms with Crippen LogP contribution in [0, 0.1) is 6.92 Å². The summed E-state index contributed by atoms with van der Waals surface area (Å²) in [5.74, 6) is -0.963. The summed E-state index contributed by atoms with van der Waals surface area (Å²) in [6.07, 6.45) is 2.46. The number of aliphatic carboxylic acids is 1. The molecule has 112 valence electrons. The Morgan fingerprint density at radius 2 is 2.14 bits per heavy atom. The van der Waals surface area contributed by atoms with E-state index in [1.54, 1.807) is 12.3 Å². The number of aromatic nitrogens is 2. The van der Waals surface area contributed by atoms with Crippen LogP contribution >= 0.6 is 35.0 Å². The second-order valence-corrected chi connectivity index (χ2v) is 6.16. The van der Waals surface area contributed by atoms with Crippen molar-refractivity contribution in [3.05, 3.63) is 39.6 Å². The highest BCUT2D eigenvalue weighted by Crippen LogP contribution is 2.35. The Balaban J connectivity index is 2.59. The molecule has 0 unspecified atom stereocenters. The van der Waals surface area contributed by atoms with Gasteiger partial charge in [-0.15, -0.1) is 0 Å². The molecule has 0 fully saturated rings. The second-order valence-electron chi connectivity index (χ2n) is 4.43. The predicted molar refractivity (Wildman–Crippen MR) is 86.1 cm³/mol. The van der Waals surface area contributed by atoms with Gasteiger partial charge in [-0.25, -0.2) is 4.98 Å². The first-order chi connectivity index (χ1) is 9.95. The standard InChI is InChI=1S/C14H14Cl2N2O2S/c1-3-9-6-17-14(21-7-11(19)20)18(9)13-10(15)5-4-8(2)12(13)16/h4-6H,3,7H2,1-2H3,(H,19,20). The van der Waals surface area contributed by atoms with Crippen LogP contribution in [0.4, 0.5) is 0 Å². The Hall–Kier alpha value is -1.17. The molecule has 0 atom stereocenters. The van der Waals surface area contributed by atoms with Gasteiger partial charge in [0.15, 0.2) is 5.16 Å². The molecule has 0 radical (unpaired) electrons.